The minimum absolute atomic E-state index is 0.00570. The number of amides is 1. The van der Waals surface area contributed by atoms with E-state index in [-0.39, 0.29) is 5.91 Å². The molecule has 1 amide bonds. The summed E-state index contributed by atoms with van der Waals surface area (Å²) in [6, 6.07) is 11.6. The number of nitrogens with zero attached hydrogens (tertiary/aromatic N) is 5. The molecule has 0 N–H and O–H groups in total. The molecule has 0 saturated carbocycles. The zero-order valence-electron chi connectivity index (χ0n) is 13.3. The van der Waals surface area contributed by atoms with Crippen molar-refractivity contribution in [1.29, 1.82) is 0 Å². The van der Waals surface area contributed by atoms with Gasteiger partial charge in [0.1, 0.15) is 10.7 Å². The van der Waals surface area contributed by atoms with Crippen LogP contribution in [0.5, 0.6) is 0 Å². The number of aryl methyl sites for hydroxylation is 1. The van der Waals surface area contributed by atoms with Crippen LogP contribution in [0.25, 0.3) is 10.9 Å². The van der Waals surface area contributed by atoms with Crippen molar-refractivity contribution in [3.63, 3.8) is 0 Å². The molecule has 0 atom stereocenters. The highest BCUT2D eigenvalue weighted by molar-refractivity contribution is 7.15. The van der Waals surface area contributed by atoms with Crippen LogP contribution in [0.4, 0.5) is 5.13 Å². The van der Waals surface area contributed by atoms with Gasteiger partial charge in [-0.25, -0.2) is 4.98 Å². The monoisotopic (exact) mass is 339 g/mol. The van der Waals surface area contributed by atoms with Gasteiger partial charge in [0.15, 0.2) is 0 Å². The number of rotatable bonds is 2. The number of benzene rings is 1. The fourth-order valence-electron chi connectivity index (χ4n) is 2.86. The quantitative estimate of drug-likeness (QED) is 0.717. The number of carbonyl (C=O) groups is 1. The van der Waals surface area contributed by atoms with Crippen molar-refractivity contribution in [3.8, 4) is 0 Å². The molecule has 1 aliphatic heterocycles. The molecule has 0 spiro atoms. The van der Waals surface area contributed by atoms with E-state index in [1.165, 1.54) is 0 Å². The van der Waals surface area contributed by atoms with E-state index in [4.69, 9.17) is 0 Å². The maximum Gasteiger partial charge on any atom is 0.272 e. The van der Waals surface area contributed by atoms with Crippen molar-refractivity contribution in [3.05, 3.63) is 47.1 Å². The number of hydrogen-bond acceptors (Lipinski definition) is 6. The van der Waals surface area contributed by atoms with Gasteiger partial charge in [0, 0.05) is 31.6 Å². The van der Waals surface area contributed by atoms with Crippen LogP contribution in [0.1, 0.15) is 15.5 Å². The zero-order valence-corrected chi connectivity index (χ0v) is 14.2. The van der Waals surface area contributed by atoms with Crippen LogP contribution in [0, 0.1) is 6.92 Å². The third kappa shape index (κ3) is 2.82. The molecule has 24 heavy (non-hydrogen) atoms. The SMILES string of the molecule is Cc1nnc(N2CCN(C(=O)c3ccc4ccccc4n3)CC2)s1. The van der Waals surface area contributed by atoms with E-state index >= 15 is 0 Å². The number of piperazine rings is 1. The first-order valence-electron chi connectivity index (χ1n) is 7.91. The summed E-state index contributed by atoms with van der Waals surface area (Å²) in [5.74, 6) is -0.00570. The number of pyridine rings is 1. The lowest BCUT2D eigenvalue weighted by atomic mass is 10.2. The summed E-state index contributed by atoms with van der Waals surface area (Å²) in [5.41, 5.74) is 1.36. The molecule has 3 heterocycles. The fourth-order valence-corrected chi connectivity index (χ4v) is 3.60. The predicted octanol–water partition coefficient (Wildman–Crippen LogP) is 2.36. The molecule has 1 aromatic carbocycles. The Hall–Kier alpha value is -2.54. The van der Waals surface area contributed by atoms with Crippen molar-refractivity contribution in [2.45, 2.75) is 6.92 Å². The molecule has 1 aliphatic rings. The minimum atomic E-state index is -0.00570. The molecule has 4 rings (SSSR count). The van der Waals surface area contributed by atoms with Gasteiger partial charge in [-0.05, 0) is 19.1 Å². The van der Waals surface area contributed by atoms with Crippen LogP contribution in [-0.2, 0) is 0 Å². The molecule has 0 aliphatic carbocycles. The smallest absolute Gasteiger partial charge is 0.272 e. The molecule has 2 aromatic heterocycles. The normalized spacial score (nSPS) is 15.0. The Morgan fingerprint density at radius 3 is 2.58 bits per heavy atom. The third-order valence-electron chi connectivity index (χ3n) is 4.17. The summed E-state index contributed by atoms with van der Waals surface area (Å²) < 4.78 is 0. The van der Waals surface area contributed by atoms with Gasteiger partial charge in [0.05, 0.1) is 5.52 Å². The number of aromatic nitrogens is 3. The molecule has 122 valence electrons. The second kappa shape index (κ2) is 6.16. The second-order valence-electron chi connectivity index (χ2n) is 5.77. The lowest BCUT2D eigenvalue weighted by Gasteiger charge is -2.34. The molecule has 0 unspecified atom stereocenters. The molecule has 6 nitrogen and oxygen atoms in total. The van der Waals surface area contributed by atoms with Crippen LogP contribution in [0.15, 0.2) is 36.4 Å². The molecule has 1 saturated heterocycles. The summed E-state index contributed by atoms with van der Waals surface area (Å²) in [5, 5.41) is 11.2. The first-order chi connectivity index (χ1) is 11.7. The Labute approximate surface area is 143 Å². The largest absolute Gasteiger partial charge is 0.343 e. The third-order valence-corrected chi connectivity index (χ3v) is 5.07. The highest BCUT2D eigenvalue weighted by Gasteiger charge is 2.24. The van der Waals surface area contributed by atoms with Gasteiger partial charge in [0.2, 0.25) is 5.13 Å². The Morgan fingerprint density at radius 1 is 1.04 bits per heavy atom. The topological polar surface area (TPSA) is 62.2 Å². The number of anilines is 1. The van der Waals surface area contributed by atoms with Gasteiger partial charge in [-0.2, -0.15) is 0 Å². The summed E-state index contributed by atoms with van der Waals surface area (Å²) >= 11 is 1.59. The van der Waals surface area contributed by atoms with Crippen LogP contribution in [-0.4, -0.2) is 52.2 Å². The summed E-state index contributed by atoms with van der Waals surface area (Å²) in [6.45, 7) is 4.84. The second-order valence-corrected chi connectivity index (χ2v) is 6.93. The summed E-state index contributed by atoms with van der Waals surface area (Å²) in [6.07, 6.45) is 0. The molecule has 3 aromatic rings. The molecule has 7 heteroatoms. The van der Waals surface area contributed by atoms with Crippen molar-refractivity contribution < 1.29 is 4.79 Å². The van der Waals surface area contributed by atoms with Gasteiger partial charge in [-0.15, -0.1) is 10.2 Å². The Balaban J connectivity index is 1.47. The number of para-hydroxylation sites is 1. The van der Waals surface area contributed by atoms with Crippen molar-refractivity contribution in [2.75, 3.05) is 31.1 Å². The highest BCUT2D eigenvalue weighted by Crippen LogP contribution is 2.21. The summed E-state index contributed by atoms with van der Waals surface area (Å²) in [7, 11) is 0. The van der Waals surface area contributed by atoms with Gasteiger partial charge < -0.3 is 9.80 Å². The van der Waals surface area contributed by atoms with E-state index in [0.29, 0.717) is 18.8 Å². The standard InChI is InChI=1S/C17H17N5OS/c1-12-19-20-17(24-12)22-10-8-21(9-11-22)16(23)15-7-6-13-4-2-3-5-14(13)18-15/h2-7H,8-11H2,1H3. The Bertz CT molecular complexity index is 885. The minimum Gasteiger partial charge on any atom is -0.343 e. The van der Waals surface area contributed by atoms with E-state index in [2.05, 4.69) is 20.1 Å². The zero-order chi connectivity index (χ0) is 16.5. The van der Waals surface area contributed by atoms with Crippen LogP contribution in [0.2, 0.25) is 0 Å². The Kier molecular flexibility index (Phi) is 3.86. The lowest BCUT2D eigenvalue weighted by Crippen LogP contribution is -2.49. The maximum atomic E-state index is 12.7. The maximum absolute atomic E-state index is 12.7. The van der Waals surface area contributed by atoms with Gasteiger partial charge >= 0.3 is 0 Å². The first kappa shape index (κ1) is 15.0. The molecule has 1 fully saturated rings. The molecular weight excluding hydrogens is 322 g/mol. The predicted molar refractivity (Wildman–Crippen MR) is 94.5 cm³/mol. The van der Waals surface area contributed by atoms with Crippen LogP contribution >= 0.6 is 11.3 Å². The average Bonchev–Trinajstić information content (AvgIpc) is 3.07. The molecular formula is C17H17N5OS. The van der Waals surface area contributed by atoms with E-state index in [1.54, 1.807) is 11.3 Å². The number of carbonyl (C=O) groups excluding carboxylic acids is 1. The van der Waals surface area contributed by atoms with Gasteiger partial charge in [-0.3, -0.25) is 4.79 Å². The first-order valence-corrected chi connectivity index (χ1v) is 8.72. The molecule has 0 bridgehead atoms. The van der Waals surface area contributed by atoms with E-state index < -0.39 is 0 Å². The van der Waals surface area contributed by atoms with Crippen molar-refractivity contribution in [2.24, 2.45) is 0 Å². The van der Waals surface area contributed by atoms with E-state index in [9.17, 15) is 4.79 Å². The number of hydrogen-bond donors (Lipinski definition) is 0. The van der Waals surface area contributed by atoms with Crippen molar-refractivity contribution in [1.82, 2.24) is 20.1 Å². The lowest BCUT2D eigenvalue weighted by molar-refractivity contribution is 0.0741. The van der Waals surface area contributed by atoms with Gasteiger partial charge in [-0.1, -0.05) is 35.6 Å². The van der Waals surface area contributed by atoms with E-state index in [0.717, 1.165) is 34.1 Å². The summed E-state index contributed by atoms with van der Waals surface area (Å²) in [4.78, 5) is 21.3. The van der Waals surface area contributed by atoms with E-state index in [1.807, 2.05) is 48.2 Å². The van der Waals surface area contributed by atoms with Crippen LogP contribution in [0.3, 0.4) is 0 Å². The Morgan fingerprint density at radius 2 is 1.83 bits per heavy atom. The fraction of sp³-hybridized carbons (Fsp3) is 0.294. The number of fused-ring (bicyclic) bond motifs is 1. The average molecular weight is 339 g/mol. The highest BCUT2D eigenvalue weighted by atomic mass is 32.1. The molecule has 0 radical (unpaired) electrons. The van der Waals surface area contributed by atoms with Crippen LogP contribution < -0.4 is 4.90 Å². The van der Waals surface area contributed by atoms with Crippen molar-refractivity contribution >= 4 is 33.3 Å². The van der Waals surface area contributed by atoms with Gasteiger partial charge in [0.25, 0.3) is 5.91 Å².